The van der Waals surface area contributed by atoms with Gasteiger partial charge in [-0.05, 0) is 57.8 Å². The molecule has 1 fully saturated rings. The van der Waals surface area contributed by atoms with Crippen LogP contribution in [0.3, 0.4) is 0 Å². The molecule has 45 heavy (non-hydrogen) atoms. The number of aliphatic hydroxyl groups is 7. The van der Waals surface area contributed by atoms with E-state index in [-0.39, 0.29) is 12.8 Å². The van der Waals surface area contributed by atoms with Gasteiger partial charge in [-0.3, -0.25) is 4.79 Å². The first-order valence-corrected chi connectivity index (χ1v) is 17.2. The summed E-state index contributed by atoms with van der Waals surface area (Å²) in [5, 5.41) is 74.6. The van der Waals surface area contributed by atoms with E-state index in [1.165, 1.54) is 19.3 Å². The molecule has 0 saturated carbocycles. The summed E-state index contributed by atoms with van der Waals surface area (Å²) in [6.07, 6.45) is 11.4. The van der Waals surface area contributed by atoms with Crippen LogP contribution in [0, 0.1) is 0 Å². The lowest BCUT2D eigenvalue weighted by Gasteiger charge is -2.40. The van der Waals surface area contributed by atoms with Crippen LogP contribution in [0.5, 0.6) is 0 Å². The lowest BCUT2D eigenvalue weighted by molar-refractivity contribution is -0.303. The second kappa shape index (κ2) is 25.7. The highest BCUT2D eigenvalue weighted by Crippen LogP contribution is 2.23. The second-order valence-corrected chi connectivity index (χ2v) is 12.2. The predicted octanol–water partition coefficient (Wildman–Crippen LogP) is 2.76. The van der Waals surface area contributed by atoms with Gasteiger partial charge in [-0.25, -0.2) is 0 Å². The fraction of sp³-hybridized carbons (Fsp3) is 0.853. The number of unbranched alkanes of at least 4 members (excludes halogenated alkanes) is 10. The second-order valence-electron chi connectivity index (χ2n) is 12.2. The van der Waals surface area contributed by atoms with E-state index >= 15 is 0 Å². The average molecular weight is 646 g/mol. The third kappa shape index (κ3) is 17.4. The minimum atomic E-state index is -1.66. The lowest BCUT2D eigenvalue weighted by atomic mass is 9.98. The maximum atomic E-state index is 12.9. The average Bonchev–Trinajstić information content (AvgIpc) is 3.04. The molecule has 11 heteroatoms. The summed E-state index contributed by atoms with van der Waals surface area (Å²) in [5.74, 6) is -0.725. The number of carbonyl (C=O) groups is 1. The van der Waals surface area contributed by atoms with Crippen LogP contribution in [0.25, 0.3) is 0 Å². The number of rotatable bonds is 26. The summed E-state index contributed by atoms with van der Waals surface area (Å²) >= 11 is 0. The zero-order valence-electron chi connectivity index (χ0n) is 27.6. The molecular weight excluding hydrogens is 582 g/mol. The van der Waals surface area contributed by atoms with E-state index in [1.54, 1.807) is 0 Å². The lowest BCUT2D eigenvalue weighted by Crippen LogP contribution is -2.60. The fourth-order valence-corrected chi connectivity index (χ4v) is 5.18. The molecule has 0 bridgehead atoms. The Morgan fingerprint density at radius 3 is 1.96 bits per heavy atom. The molecule has 0 spiro atoms. The van der Waals surface area contributed by atoms with Crippen LogP contribution in [0.15, 0.2) is 24.3 Å². The third-order valence-electron chi connectivity index (χ3n) is 8.23. The van der Waals surface area contributed by atoms with Gasteiger partial charge in [0.15, 0.2) is 6.29 Å². The van der Waals surface area contributed by atoms with Gasteiger partial charge in [0.1, 0.15) is 36.6 Å². The minimum Gasteiger partial charge on any atom is -0.394 e. The van der Waals surface area contributed by atoms with Crippen LogP contribution >= 0.6 is 0 Å². The standard InChI is InChI=1S/C34H63NO10/c1-3-5-7-9-11-13-14-16-18-20-22-27(38)33(43)35-25(24-44-34-32(42)31(41)30(40)28(23-36)45-34)29(39)26(37)21-19-17-15-12-10-8-6-4-2/h9,11-12,15,25-32,34,36-42H,3-8,10,13-14,16-24H2,1-2H3,(H,35,43)/b11-9-,15-12+. The summed E-state index contributed by atoms with van der Waals surface area (Å²) in [6, 6.07) is -1.18. The van der Waals surface area contributed by atoms with E-state index in [1.807, 2.05) is 0 Å². The van der Waals surface area contributed by atoms with E-state index in [4.69, 9.17) is 9.47 Å². The number of nitrogens with one attached hydrogen (secondary N) is 1. The Labute approximate surface area is 270 Å². The van der Waals surface area contributed by atoms with Gasteiger partial charge in [-0.2, -0.15) is 0 Å². The zero-order chi connectivity index (χ0) is 33.5. The first kappa shape index (κ1) is 41.6. The van der Waals surface area contributed by atoms with Crippen molar-refractivity contribution in [3.05, 3.63) is 24.3 Å². The zero-order valence-corrected chi connectivity index (χ0v) is 27.6. The smallest absolute Gasteiger partial charge is 0.249 e. The number of aliphatic hydroxyl groups excluding tert-OH is 7. The first-order chi connectivity index (χ1) is 21.7. The number of hydrogen-bond acceptors (Lipinski definition) is 10. The van der Waals surface area contributed by atoms with Crippen molar-refractivity contribution in [1.82, 2.24) is 5.32 Å². The number of amides is 1. The molecule has 0 aromatic carbocycles. The normalized spacial score (nSPS) is 25.0. The van der Waals surface area contributed by atoms with Gasteiger partial charge in [-0.1, -0.05) is 83.1 Å². The van der Waals surface area contributed by atoms with Crippen LogP contribution in [0.1, 0.15) is 117 Å². The molecule has 1 saturated heterocycles. The Kier molecular flexibility index (Phi) is 23.7. The molecule has 0 aromatic heterocycles. The maximum Gasteiger partial charge on any atom is 0.249 e. The van der Waals surface area contributed by atoms with Crippen molar-refractivity contribution in [3.8, 4) is 0 Å². The highest BCUT2D eigenvalue weighted by Gasteiger charge is 2.44. The topological polar surface area (TPSA) is 189 Å². The first-order valence-electron chi connectivity index (χ1n) is 17.2. The van der Waals surface area contributed by atoms with Gasteiger partial charge in [0.2, 0.25) is 5.91 Å². The van der Waals surface area contributed by atoms with E-state index in [0.29, 0.717) is 12.8 Å². The van der Waals surface area contributed by atoms with Crippen molar-refractivity contribution in [3.63, 3.8) is 0 Å². The number of hydrogen-bond donors (Lipinski definition) is 8. The van der Waals surface area contributed by atoms with Crippen LogP contribution in [0.4, 0.5) is 0 Å². The summed E-state index contributed by atoms with van der Waals surface area (Å²) < 4.78 is 10.9. The molecule has 11 nitrogen and oxygen atoms in total. The largest absolute Gasteiger partial charge is 0.394 e. The summed E-state index contributed by atoms with van der Waals surface area (Å²) in [5.41, 5.74) is 0. The highest BCUT2D eigenvalue weighted by molar-refractivity contribution is 5.80. The molecule has 8 N–H and O–H groups in total. The molecule has 9 unspecified atom stereocenters. The van der Waals surface area contributed by atoms with Crippen LogP contribution in [-0.4, -0.2) is 110 Å². The number of allylic oxidation sites excluding steroid dienone is 4. The Balaban J connectivity index is 2.68. The molecule has 1 aliphatic rings. The quantitative estimate of drug-likeness (QED) is 0.0513. The van der Waals surface area contributed by atoms with Crippen molar-refractivity contribution in [2.24, 2.45) is 0 Å². The third-order valence-corrected chi connectivity index (χ3v) is 8.23. The molecule has 0 aliphatic carbocycles. The van der Waals surface area contributed by atoms with Gasteiger partial charge >= 0.3 is 0 Å². The summed E-state index contributed by atoms with van der Waals surface area (Å²) in [6.45, 7) is 3.24. The summed E-state index contributed by atoms with van der Waals surface area (Å²) in [7, 11) is 0. The Morgan fingerprint density at radius 1 is 0.756 bits per heavy atom. The molecular formula is C34H63NO10. The van der Waals surface area contributed by atoms with Crippen molar-refractivity contribution in [2.45, 2.75) is 172 Å². The minimum absolute atomic E-state index is 0.238. The Hall–Kier alpha value is -1.41. The van der Waals surface area contributed by atoms with Crippen molar-refractivity contribution in [1.29, 1.82) is 0 Å². The Bertz CT molecular complexity index is 795. The Morgan fingerprint density at radius 2 is 1.33 bits per heavy atom. The van der Waals surface area contributed by atoms with Gasteiger partial charge in [-0.15, -0.1) is 0 Å². The van der Waals surface area contributed by atoms with Crippen molar-refractivity contribution in [2.75, 3.05) is 13.2 Å². The molecule has 9 atom stereocenters. The SMILES string of the molecule is CCCC/C=C\CCCCCCC(O)C(=O)NC(COC1OC(CO)C(O)C(O)C1O)C(O)C(O)CCC/C=C/CCCCC. The van der Waals surface area contributed by atoms with E-state index in [9.17, 15) is 40.5 Å². The molecule has 1 aliphatic heterocycles. The number of carbonyl (C=O) groups excluding carboxylic acids is 1. The number of ether oxygens (including phenoxy) is 2. The molecule has 1 rings (SSSR count). The van der Waals surface area contributed by atoms with E-state index in [0.717, 1.165) is 57.8 Å². The van der Waals surface area contributed by atoms with Gasteiger partial charge < -0.3 is 50.5 Å². The van der Waals surface area contributed by atoms with Crippen LogP contribution < -0.4 is 5.32 Å². The van der Waals surface area contributed by atoms with Crippen molar-refractivity contribution >= 4 is 5.91 Å². The molecule has 0 radical (unpaired) electrons. The van der Waals surface area contributed by atoms with E-state index < -0.39 is 74.2 Å². The monoisotopic (exact) mass is 645 g/mol. The molecule has 1 amide bonds. The molecule has 1 heterocycles. The van der Waals surface area contributed by atoms with Gasteiger partial charge in [0.25, 0.3) is 0 Å². The van der Waals surface area contributed by atoms with Gasteiger partial charge in [0.05, 0.1) is 25.4 Å². The van der Waals surface area contributed by atoms with Crippen LogP contribution in [-0.2, 0) is 14.3 Å². The summed E-state index contributed by atoms with van der Waals surface area (Å²) in [4.78, 5) is 12.9. The van der Waals surface area contributed by atoms with Crippen LogP contribution in [0.2, 0.25) is 0 Å². The molecule has 0 aromatic rings. The van der Waals surface area contributed by atoms with E-state index in [2.05, 4.69) is 43.5 Å². The highest BCUT2D eigenvalue weighted by atomic mass is 16.7. The maximum absolute atomic E-state index is 12.9. The predicted molar refractivity (Wildman–Crippen MR) is 173 cm³/mol. The fourth-order valence-electron chi connectivity index (χ4n) is 5.18. The molecule has 264 valence electrons. The van der Waals surface area contributed by atoms with Gasteiger partial charge in [0, 0.05) is 0 Å². The van der Waals surface area contributed by atoms with Crippen molar-refractivity contribution < 1.29 is 50.0 Å².